The van der Waals surface area contributed by atoms with E-state index in [1.54, 1.807) is 5.57 Å². The average Bonchev–Trinajstić information content (AvgIpc) is 2.89. The predicted octanol–water partition coefficient (Wildman–Crippen LogP) is 4.01. The van der Waals surface area contributed by atoms with Gasteiger partial charge in [0.1, 0.15) is 0 Å². The predicted molar refractivity (Wildman–Crippen MR) is 87.7 cm³/mol. The van der Waals surface area contributed by atoms with E-state index in [1.165, 1.54) is 30.0 Å². The van der Waals surface area contributed by atoms with Gasteiger partial charge in [-0.3, -0.25) is 4.90 Å². The van der Waals surface area contributed by atoms with Gasteiger partial charge in [0.05, 0.1) is 4.08 Å². The van der Waals surface area contributed by atoms with Gasteiger partial charge in [0.2, 0.25) is 0 Å². The summed E-state index contributed by atoms with van der Waals surface area (Å²) in [6, 6.07) is 10.8. The van der Waals surface area contributed by atoms with E-state index in [1.807, 2.05) is 0 Å². The summed E-state index contributed by atoms with van der Waals surface area (Å²) >= 11 is 4.26. The van der Waals surface area contributed by atoms with Crippen LogP contribution in [0.25, 0.3) is 0 Å². The molecule has 1 fully saturated rings. The lowest BCUT2D eigenvalue weighted by Gasteiger charge is -2.34. The molecule has 0 radical (unpaired) electrons. The van der Waals surface area contributed by atoms with E-state index in [0.717, 1.165) is 13.1 Å². The molecule has 1 aromatic rings. The van der Waals surface area contributed by atoms with Crippen LogP contribution in [0.4, 0.5) is 0 Å². The van der Waals surface area contributed by atoms with Crippen LogP contribution in [0.2, 0.25) is 0 Å². The van der Waals surface area contributed by atoms with Crippen LogP contribution in [-0.2, 0) is 6.54 Å². The van der Waals surface area contributed by atoms with E-state index >= 15 is 0 Å². The first-order valence-electron chi connectivity index (χ1n) is 7.00. The molecule has 3 heteroatoms. The second-order valence-corrected chi connectivity index (χ2v) is 8.64. The molecule has 0 bridgehead atoms. The normalized spacial score (nSPS) is 23.3. The van der Waals surface area contributed by atoms with E-state index < -0.39 is 0 Å². The van der Waals surface area contributed by atoms with E-state index in [4.69, 9.17) is 0 Å². The van der Waals surface area contributed by atoms with Crippen molar-refractivity contribution in [1.29, 1.82) is 0 Å². The Kier molecular flexibility index (Phi) is 4.25. The molecule has 0 amide bonds. The maximum atomic E-state index is 2.59. The minimum absolute atomic E-state index is 0.343. The molecule has 102 valence electrons. The van der Waals surface area contributed by atoms with Crippen LogP contribution >= 0.6 is 23.5 Å². The van der Waals surface area contributed by atoms with Gasteiger partial charge in [0, 0.05) is 31.1 Å². The van der Waals surface area contributed by atoms with Gasteiger partial charge < -0.3 is 0 Å². The van der Waals surface area contributed by atoms with Crippen LogP contribution < -0.4 is 0 Å². The summed E-state index contributed by atoms with van der Waals surface area (Å²) in [4.78, 5) is 2.59. The SMILES string of the molecule is CC1(C2=CCCN(Cc3ccccc3)C2)SCCS1. The Bertz CT molecular complexity index is 449. The zero-order valence-electron chi connectivity index (χ0n) is 11.5. The molecule has 0 N–H and O–H groups in total. The highest BCUT2D eigenvalue weighted by Crippen LogP contribution is 2.49. The highest BCUT2D eigenvalue weighted by molar-refractivity contribution is 8.21. The Hall–Kier alpha value is -0.380. The van der Waals surface area contributed by atoms with Crippen LogP contribution in [0, 0.1) is 0 Å². The Morgan fingerprint density at radius 3 is 2.63 bits per heavy atom. The summed E-state index contributed by atoms with van der Waals surface area (Å²) in [6.07, 6.45) is 3.70. The first-order chi connectivity index (χ1) is 9.26. The van der Waals surface area contributed by atoms with Crippen molar-refractivity contribution in [1.82, 2.24) is 4.90 Å². The molecule has 0 spiro atoms. The van der Waals surface area contributed by atoms with E-state index in [2.05, 4.69) is 71.8 Å². The number of hydrogen-bond donors (Lipinski definition) is 0. The molecule has 0 saturated carbocycles. The molecule has 2 aliphatic heterocycles. The number of benzene rings is 1. The third-order valence-electron chi connectivity index (χ3n) is 3.90. The Morgan fingerprint density at radius 1 is 1.16 bits per heavy atom. The highest BCUT2D eigenvalue weighted by atomic mass is 32.2. The summed E-state index contributed by atoms with van der Waals surface area (Å²) in [5.74, 6) is 2.61. The molecule has 0 atom stereocenters. The number of thioether (sulfide) groups is 2. The Morgan fingerprint density at radius 2 is 1.89 bits per heavy atom. The first kappa shape index (κ1) is 13.6. The van der Waals surface area contributed by atoms with Crippen molar-refractivity contribution in [3.8, 4) is 0 Å². The topological polar surface area (TPSA) is 3.24 Å². The summed E-state index contributed by atoms with van der Waals surface area (Å²) in [7, 11) is 0. The standard InChI is InChI=1S/C16H21NS2/c1-16(18-10-11-19-16)15-8-5-9-17(13-15)12-14-6-3-2-4-7-14/h2-4,6-8H,5,9-13H2,1H3. The highest BCUT2D eigenvalue weighted by Gasteiger charge is 2.35. The number of nitrogens with zero attached hydrogens (tertiary/aromatic N) is 1. The number of rotatable bonds is 3. The Labute approximate surface area is 124 Å². The van der Waals surface area contributed by atoms with Crippen molar-refractivity contribution in [2.45, 2.75) is 24.0 Å². The van der Waals surface area contributed by atoms with Gasteiger partial charge in [-0.25, -0.2) is 0 Å². The molecular weight excluding hydrogens is 270 g/mol. The van der Waals surface area contributed by atoms with Gasteiger partial charge in [-0.1, -0.05) is 36.4 Å². The maximum absolute atomic E-state index is 2.59. The first-order valence-corrected chi connectivity index (χ1v) is 8.97. The van der Waals surface area contributed by atoms with Crippen LogP contribution in [0.5, 0.6) is 0 Å². The zero-order chi connectivity index (χ0) is 13.1. The van der Waals surface area contributed by atoms with Crippen LogP contribution in [0.1, 0.15) is 18.9 Å². The van der Waals surface area contributed by atoms with Crippen molar-refractivity contribution >= 4 is 23.5 Å². The fraction of sp³-hybridized carbons (Fsp3) is 0.500. The lowest BCUT2D eigenvalue weighted by Crippen LogP contribution is -2.34. The molecular formula is C16H21NS2. The summed E-state index contributed by atoms with van der Waals surface area (Å²) in [5, 5.41) is 0. The largest absolute Gasteiger partial charge is 0.295 e. The molecule has 1 saturated heterocycles. The fourth-order valence-electron chi connectivity index (χ4n) is 2.81. The Balaban J connectivity index is 1.66. The second-order valence-electron chi connectivity index (χ2n) is 5.36. The van der Waals surface area contributed by atoms with Gasteiger partial charge in [0.25, 0.3) is 0 Å². The number of hydrogen-bond acceptors (Lipinski definition) is 3. The smallest absolute Gasteiger partial charge is 0.0805 e. The molecule has 2 heterocycles. The molecule has 19 heavy (non-hydrogen) atoms. The van der Waals surface area contributed by atoms with Gasteiger partial charge >= 0.3 is 0 Å². The molecule has 0 aliphatic carbocycles. The van der Waals surface area contributed by atoms with Crippen molar-refractivity contribution < 1.29 is 0 Å². The van der Waals surface area contributed by atoms with Crippen molar-refractivity contribution in [3.05, 3.63) is 47.5 Å². The lowest BCUT2D eigenvalue weighted by molar-refractivity contribution is 0.279. The van der Waals surface area contributed by atoms with Crippen LogP contribution in [-0.4, -0.2) is 33.6 Å². The van der Waals surface area contributed by atoms with E-state index in [-0.39, 0.29) is 0 Å². The molecule has 0 unspecified atom stereocenters. The summed E-state index contributed by atoms with van der Waals surface area (Å²) in [5.41, 5.74) is 3.07. The van der Waals surface area contributed by atoms with Crippen molar-refractivity contribution in [2.75, 3.05) is 24.6 Å². The van der Waals surface area contributed by atoms with E-state index in [0.29, 0.717) is 4.08 Å². The molecule has 1 nitrogen and oxygen atoms in total. The lowest BCUT2D eigenvalue weighted by atomic mass is 10.1. The molecule has 2 aliphatic rings. The summed E-state index contributed by atoms with van der Waals surface area (Å²) < 4.78 is 0.343. The third kappa shape index (κ3) is 3.21. The van der Waals surface area contributed by atoms with E-state index in [9.17, 15) is 0 Å². The van der Waals surface area contributed by atoms with Gasteiger partial charge in [-0.15, -0.1) is 23.5 Å². The molecule has 0 aromatic heterocycles. The molecule has 3 rings (SSSR count). The van der Waals surface area contributed by atoms with Gasteiger partial charge in [-0.05, 0) is 24.5 Å². The van der Waals surface area contributed by atoms with Gasteiger partial charge in [-0.2, -0.15) is 0 Å². The minimum Gasteiger partial charge on any atom is -0.295 e. The van der Waals surface area contributed by atoms with Crippen LogP contribution in [0.3, 0.4) is 0 Å². The summed E-state index contributed by atoms with van der Waals surface area (Å²) in [6.45, 7) is 5.84. The minimum atomic E-state index is 0.343. The molecule has 1 aromatic carbocycles. The van der Waals surface area contributed by atoms with Gasteiger partial charge in [0.15, 0.2) is 0 Å². The maximum Gasteiger partial charge on any atom is 0.0805 e. The fourth-order valence-corrected chi connectivity index (χ4v) is 5.76. The zero-order valence-corrected chi connectivity index (χ0v) is 13.1. The third-order valence-corrected chi connectivity index (χ3v) is 7.31. The van der Waals surface area contributed by atoms with Crippen molar-refractivity contribution in [2.24, 2.45) is 0 Å². The van der Waals surface area contributed by atoms with Crippen molar-refractivity contribution in [3.63, 3.8) is 0 Å². The van der Waals surface area contributed by atoms with Crippen LogP contribution in [0.15, 0.2) is 42.0 Å². The average molecular weight is 291 g/mol. The monoisotopic (exact) mass is 291 g/mol. The second kappa shape index (κ2) is 5.94. The quantitative estimate of drug-likeness (QED) is 0.775.